The zero-order chi connectivity index (χ0) is 33.7. The normalized spacial score (nSPS) is 20.2. The zero-order valence-electron chi connectivity index (χ0n) is 27.8. The van der Waals surface area contributed by atoms with E-state index < -0.39 is 18.0 Å². The fourth-order valence-corrected chi connectivity index (χ4v) is 7.31. The van der Waals surface area contributed by atoms with Crippen LogP contribution in [-0.4, -0.2) is 75.3 Å². The molecular formula is C35H42ClFN8O3. The number of fused-ring (bicyclic) bond motifs is 3. The van der Waals surface area contributed by atoms with Crippen LogP contribution in [0.4, 0.5) is 15.9 Å². The van der Waals surface area contributed by atoms with Gasteiger partial charge in [-0.25, -0.2) is 9.78 Å². The topological polar surface area (TPSA) is 115 Å². The van der Waals surface area contributed by atoms with E-state index >= 15 is 0 Å². The number of hydrogen-bond acceptors (Lipinski definition) is 10. The van der Waals surface area contributed by atoms with Crippen LogP contribution in [0, 0.1) is 11.9 Å². The summed E-state index contributed by atoms with van der Waals surface area (Å²) in [5, 5.41) is 2.30. The lowest BCUT2D eigenvalue weighted by molar-refractivity contribution is -0.136. The number of ether oxygens (including phenoxy) is 2. The third-order valence-electron chi connectivity index (χ3n) is 10.0. The third kappa shape index (κ3) is 6.17. The van der Waals surface area contributed by atoms with Crippen LogP contribution < -0.4 is 25.0 Å². The smallest absolute Gasteiger partial charge is 0.328 e. The van der Waals surface area contributed by atoms with E-state index in [0.717, 1.165) is 52.9 Å². The Labute approximate surface area is 284 Å². The van der Waals surface area contributed by atoms with Gasteiger partial charge in [-0.1, -0.05) is 37.6 Å². The van der Waals surface area contributed by atoms with Gasteiger partial charge in [-0.2, -0.15) is 14.4 Å². The Hall–Kier alpha value is -4.00. The summed E-state index contributed by atoms with van der Waals surface area (Å²) in [6.45, 7) is 9.44. The number of benzene rings is 2. The Morgan fingerprint density at radius 3 is 2.79 bits per heavy atom. The minimum atomic E-state index is -0.743. The highest BCUT2D eigenvalue weighted by Crippen LogP contribution is 2.40. The fourth-order valence-electron chi connectivity index (χ4n) is 7.04. The first-order valence-electron chi connectivity index (χ1n) is 16.7. The summed E-state index contributed by atoms with van der Waals surface area (Å²) in [6.07, 6.45) is 4.39. The summed E-state index contributed by atoms with van der Waals surface area (Å²) < 4.78 is 28.7. The molecule has 5 heterocycles. The molecule has 0 amide bonds. The average Bonchev–Trinajstić information content (AvgIpc) is 3.65. The van der Waals surface area contributed by atoms with Crippen molar-refractivity contribution in [2.24, 2.45) is 11.7 Å². The largest absolute Gasteiger partial charge is 0.462 e. The van der Waals surface area contributed by atoms with Gasteiger partial charge >= 0.3 is 12.0 Å². The molecule has 4 aromatic rings. The lowest BCUT2D eigenvalue weighted by Gasteiger charge is -2.38. The molecule has 0 aliphatic carbocycles. The summed E-state index contributed by atoms with van der Waals surface area (Å²) >= 11 is 6.81. The van der Waals surface area contributed by atoms with Gasteiger partial charge in [0.05, 0.1) is 41.5 Å². The molecule has 13 heteroatoms. The number of nitrogens with zero attached hydrogens (tertiary/aromatic N) is 7. The van der Waals surface area contributed by atoms with Gasteiger partial charge < -0.3 is 34.5 Å². The van der Waals surface area contributed by atoms with E-state index in [1.807, 2.05) is 48.7 Å². The summed E-state index contributed by atoms with van der Waals surface area (Å²) in [5.74, 6) is 0.161. The molecule has 2 aromatic carbocycles. The average molecular weight is 677 g/mol. The first-order chi connectivity index (χ1) is 23.1. The lowest BCUT2D eigenvalue weighted by atomic mass is 10.0. The van der Waals surface area contributed by atoms with Gasteiger partial charge in [0.15, 0.2) is 0 Å². The second-order valence-corrected chi connectivity index (χ2v) is 14.0. The number of likely N-dealkylation sites (N-methyl/N-ethyl adjacent to an activating group) is 1. The molecule has 0 saturated carbocycles. The molecule has 3 aliphatic heterocycles. The highest BCUT2D eigenvalue weighted by atomic mass is 35.5. The van der Waals surface area contributed by atoms with E-state index in [1.54, 1.807) is 6.33 Å². The second-order valence-electron chi connectivity index (χ2n) is 13.6. The second kappa shape index (κ2) is 13.1. The van der Waals surface area contributed by atoms with Crippen molar-refractivity contribution in [3.05, 3.63) is 64.6 Å². The number of carbonyl (C=O) groups excluding carboxylic acids is 1. The minimum Gasteiger partial charge on any atom is -0.462 e. The number of imidazole rings is 1. The van der Waals surface area contributed by atoms with E-state index in [-0.39, 0.29) is 12.0 Å². The van der Waals surface area contributed by atoms with E-state index in [2.05, 4.69) is 33.7 Å². The molecule has 7 rings (SSSR count). The van der Waals surface area contributed by atoms with Gasteiger partial charge in [-0.05, 0) is 63.2 Å². The van der Waals surface area contributed by atoms with Crippen LogP contribution >= 0.6 is 11.6 Å². The number of anilines is 2. The molecular weight excluding hydrogens is 635 g/mol. The van der Waals surface area contributed by atoms with E-state index in [4.69, 9.17) is 36.8 Å². The van der Waals surface area contributed by atoms with Crippen LogP contribution in [-0.2, 0) is 30.8 Å². The van der Waals surface area contributed by atoms with Crippen molar-refractivity contribution in [1.29, 1.82) is 0 Å². The Balaban J connectivity index is 1.26. The monoisotopic (exact) mass is 676 g/mol. The highest BCUT2D eigenvalue weighted by molar-refractivity contribution is 6.36. The van der Waals surface area contributed by atoms with Crippen LogP contribution in [0.3, 0.4) is 0 Å². The standard InChI is InChI=1S/C35H42ClFN8O3/c1-20(2)31(38)34(46)48-24-13-22-7-5-9-26(36)30(22)28(14-24)43-12-10-25-27(16-43)40-35(47-18-23-8-6-11-42(23)4)41-33(25)45-17-29-32(37)39-19-44(29)15-21(45)3/h5,7,9,13-14,19-21,23,31H,6,8,10-12,15-18,38H2,1-4H3/t21-,23+,31-/m1/s1. The SMILES string of the molecule is CC(C)[C@@H](N)C(=O)Oc1cc(N2CCc3c(nc(OC[C@@H]4CCCN4C)nc3N3Cc4c(F)ncn4C[C@H]3C)C2)c2c(Cl)cccc2c1. The van der Waals surface area contributed by atoms with Gasteiger partial charge in [0.25, 0.3) is 0 Å². The van der Waals surface area contributed by atoms with E-state index in [0.29, 0.717) is 67.7 Å². The Kier molecular flexibility index (Phi) is 8.90. The molecule has 0 unspecified atom stereocenters. The number of hydrogen-bond donors (Lipinski definition) is 1. The van der Waals surface area contributed by atoms with Gasteiger partial charge in [0, 0.05) is 42.2 Å². The van der Waals surface area contributed by atoms with Crippen molar-refractivity contribution in [2.45, 2.75) is 77.8 Å². The summed E-state index contributed by atoms with van der Waals surface area (Å²) in [6, 6.07) is 9.28. The molecule has 0 spiro atoms. The quantitative estimate of drug-likeness (QED) is 0.203. The molecule has 48 heavy (non-hydrogen) atoms. The fraction of sp³-hybridized carbons (Fsp3) is 0.486. The van der Waals surface area contributed by atoms with Gasteiger partial charge in [-0.15, -0.1) is 0 Å². The van der Waals surface area contributed by atoms with E-state index in [1.165, 1.54) is 0 Å². The van der Waals surface area contributed by atoms with Crippen molar-refractivity contribution in [1.82, 2.24) is 24.4 Å². The number of nitrogens with two attached hydrogens (primary N) is 1. The Bertz CT molecular complexity index is 1850. The Morgan fingerprint density at radius 1 is 1.19 bits per heavy atom. The zero-order valence-corrected chi connectivity index (χ0v) is 28.6. The van der Waals surface area contributed by atoms with Crippen LogP contribution in [0.1, 0.15) is 50.6 Å². The molecule has 1 saturated heterocycles. The molecule has 254 valence electrons. The molecule has 1 fully saturated rings. The predicted octanol–water partition coefficient (Wildman–Crippen LogP) is 4.95. The summed E-state index contributed by atoms with van der Waals surface area (Å²) in [5.41, 5.74) is 9.33. The third-order valence-corrected chi connectivity index (χ3v) is 10.3. The van der Waals surface area contributed by atoms with Crippen LogP contribution in [0.15, 0.2) is 36.7 Å². The van der Waals surface area contributed by atoms with Crippen LogP contribution in [0.5, 0.6) is 11.8 Å². The molecule has 0 bridgehead atoms. The van der Waals surface area contributed by atoms with Crippen molar-refractivity contribution in [2.75, 3.05) is 36.5 Å². The van der Waals surface area contributed by atoms with Crippen LogP contribution in [0.2, 0.25) is 5.02 Å². The predicted molar refractivity (Wildman–Crippen MR) is 183 cm³/mol. The summed E-state index contributed by atoms with van der Waals surface area (Å²) in [7, 11) is 2.11. The molecule has 3 aliphatic rings. The number of esters is 1. The van der Waals surface area contributed by atoms with Gasteiger partial charge in [0.2, 0.25) is 5.95 Å². The van der Waals surface area contributed by atoms with E-state index in [9.17, 15) is 9.18 Å². The number of carbonyl (C=O) groups is 1. The van der Waals surface area contributed by atoms with Crippen molar-refractivity contribution >= 4 is 39.8 Å². The van der Waals surface area contributed by atoms with Crippen molar-refractivity contribution in [3.8, 4) is 11.8 Å². The number of rotatable bonds is 8. The Morgan fingerprint density at radius 2 is 2.02 bits per heavy atom. The molecule has 0 radical (unpaired) electrons. The van der Waals surface area contributed by atoms with Gasteiger partial charge in [-0.3, -0.25) is 0 Å². The molecule has 11 nitrogen and oxygen atoms in total. The maximum absolute atomic E-state index is 14.7. The summed E-state index contributed by atoms with van der Waals surface area (Å²) in [4.78, 5) is 33.4. The number of halogens is 2. The number of likely N-dealkylation sites (tertiary alicyclic amines) is 1. The first-order valence-corrected chi connectivity index (χ1v) is 17.1. The van der Waals surface area contributed by atoms with Crippen LogP contribution in [0.25, 0.3) is 10.8 Å². The number of aromatic nitrogens is 4. The highest BCUT2D eigenvalue weighted by Gasteiger charge is 2.33. The maximum Gasteiger partial charge on any atom is 0.328 e. The molecule has 2 aromatic heterocycles. The first kappa shape index (κ1) is 32.5. The van der Waals surface area contributed by atoms with Crippen molar-refractivity contribution < 1.29 is 18.7 Å². The molecule has 2 N–H and O–H groups in total. The minimum absolute atomic E-state index is 0.0447. The van der Waals surface area contributed by atoms with Gasteiger partial charge in [0.1, 0.15) is 24.2 Å². The lowest BCUT2D eigenvalue weighted by Crippen LogP contribution is -2.43. The molecule has 3 atom stereocenters. The maximum atomic E-state index is 14.7. The van der Waals surface area contributed by atoms with Crippen molar-refractivity contribution in [3.63, 3.8) is 0 Å².